The van der Waals surface area contributed by atoms with Crippen molar-refractivity contribution >= 4 is 16.8 Å². The van der Waals surface area contributed by atoms with Crippen molar-refractivity contribution in [2.75, 3.05) is 13.1 Å². The van der Waals surface area contributed by atoms with Gasteiger partial charge in [-0.3, -0.25) is 9.78 Å². The van der Waals surface area contributed by atoms with E-state index in [1.165, 1.54) is 25.3 Å². The van der Waals surface area contributed by atoms with Gasteiger partial charge in [0.05, 0.1) is 28.9 Å². The van der Waals surface area contributed by atoms with Gasteiger partial charge in [0, 0.05) is 43.2 Å². The van der Waals surface area contributed by atoms with Crippen LogP contribution in [0.3, 0.4) is 0 Å². The topological polar surface area (TPSA) is 82.0 Å². The number of nitrogens with zero attached hydrogens (tertiary/aromatic N) is 3. The quantitative estimate of drug-likeness (QED) is 0.699. The van der Waals surface area contributed by atoms with Crippen LogP contribution in [0.15, 0.2) is 36.7 Å². The van der Waals surface area contributed by atoms with Gasteiger partial charge in [-0.15, -0.1) is 0 Å². The van der Waals surface area contributed by atoms with E-state index in [0.29, 0.717) is 36.2 Å². The fourth-order valence-corrected chi connectivity index (χ4v) is 3.72. The first-order valence-corrected chi connectivity index (χ1v) is 9.28. The molecule has 0 bridgehead atoms. The Hall–Kier alpha value is -3.54. The second kappa shape index (κ2) is 7.37. The third-order valence-corrected chi connectivity index (χ3v) is 5.18. The van der Waals surface area contributed by atoms with Crippen LogP contribution in [0.1, 0.15) is 24.5 Å². The maximum Gasteiger partial charge on any atom is 0.418 e. The molecule has 1 fully saturated rings. The summed E-state index contributed by atoms with van der Waals surface area (Å²) in [6.45, 7) is 2.57. The number of aromatic nitrogens is 2. The predicted octanol–water partition coefficient (Wildman–Crippen LogP) is 4.12. The van der Waals surface area contributed by atoms with Crippen molar-refractivity contribution in [1.82, 2.24) is 14.9 Å². The zero-order valence-electron chi connectivity index (χ0n) is 16.0. The Balaban J connectivity index is 1.73. The molecule has 4 rings (SSSR count). The maximum absolute atomic E-state index is 13.4. The molecule has 3 heterocycles. The monoisotopic (exact) mass is 414 g/mol. The van der Waals surface area contributed by atoms with Gasteiger partial charge in [0.25, 0.3) is 0 Å². The number of rotatable bonds is 3. The minimum atomic E-state index is -4.60. The second-order valence-corrected chi connectivity index (χ2v) is 7.07. The minimum absolute atomic E-state index is 0.0211. The number of ether oxygens (including phenoxy) is 1. The highest BCUT2D eigenvalue weighted by Gasteiger charge is 2.35. The summed E-state index contributed by atoms with van der Waals surface area (Å²) in [7, 11) is 0. The molecule has 154 valence electrons. The van der Waals surface area contributed by atoms with Crippen LogP contribution >= 0.6 is 0 Å². The van der Waals surface area contributed by atoms with Crippen molar-refractivity contribution in [1.29, 1.82) is 5.26 Å². The second-order valence-electron chi connectivity index (χ2n) is 7.07. The molecular formula is C21H17F3N4O2. The van der Waals surface area contributed by atoms with Crippen molar-refractivity contribution in [2.24, 2.45) is 0 Å². The van der Waals surface area contributed by atoms with Crippen LogP contribution in [0.25, 0.3) is 22.2 Å². The van der Waals surface area contributed by atoms with Gasteiger partial charge in [0.2, 0.25) is 5.91 Å². The first-order chi connectivity index (χ1) is 14.3. The number of pyridine rings is 1. The SMILES string of the molecule is CC(=O)N1CCC(Oc2c[nH]c3c(C#N)c(-c4ncccc4C(F)(F)F)ccc23)C1. The van der Waals surface area contributed by atoms with E-state index >= 15 is 0 Å². The fourth-order valence-electron chi connectivity index (χ4n) is 3.72. The van der Waals surface area contributed by atoms with Gasteiger partial charge in [-0.1, -0.05) is 6.07 Å². The summed E-state index contributed by atoms with van der Waals surface area (Å²) < 4.78 is 46.3. The lowest BCUT2D eigenvalue weighted by atomic mass is 9.98. The van der Waals surface area contributed by atoms with Gasteiger partial charge in [-0.05, 0) is 18.2 Å². The Morgan fingerprint density at radius 2 is 2.17 bits per heavy atom. The molecule has 3 aromatic rings. The largest absolute Gasteiger partial charge is 0.486 e. The minimum Gasteiger partial charge on any atom is -0.486 e. The number of hydrogen-bond acceptors (Lipinski definition) is 4. The summed E-state index contributed by atoms with van der Waals surface area (Å²) in [4.78, 5) is 20.0. The van der Waals surface area contributed by atoms with E-state index in [1.807, 2.05) is 6.07 Å². The van der Waals surface area contributed by atoms with Gasteiger partial charge >= 0.3 is 6.18 Å². The summed E-state index contributed by atoms with van der Waals surface area (Å²) in [5, 5.41) is 10.3. The molecule has 0 aliphatic carbocycles. The van der Waals surface area contributed by atoms with E-state index < -0.39 is 11.7 Å². The highest BCUT2D eigenvalue weighted by molar-refractivity contribution is 5.95. The molecule has 1 aliphatic heterocycles. The van der Waals surface area contributed by atoms with E-state index in [0.717, 1.165) is 6.07 Å². The van der Waals surface area contributed by atoms with E-state index in [9.17, 15) is 23.2 Å². The molecule has 6 nitrogen and oxygen atoms in total. The van der Waals surface area contributed by atoms with Gasteiger partial charge in [0.15, 0.2) is 0 Å². The van der Waals surface area contributed by atoms with Gasteiger partial charge in [-0.2, -0.15) is 18.4 Å². The number of amides is 1. The fraction of sp³-hybridized carbons (Fsp3) is 0.286. The number of H-pyrrole nitrogens is 1. The number of aromatic amines is 1. The Labute approximate surface area is 169 Å². The molecule has 0 saturated carbocycles. The third kappa shape index (κ3) is 3.45. The molecule has 1 saturated heterocycles. The number of nitrogens with one attached hydrogen (secondary N) is 1. The summed E-state index contributed by atoms with van der Waals surface area (Å²) in [6.07, 6.45) is -1.27. The number of likely N-dealkylation sites (tertiary alicyclic amines) is 1. The number of carbonyl (C=O) groups excluding carboxylic acids is 1. The average Bonchev–Trinajstić information content (AvgIpc) is 3.34. The Morgan fingerprint density at radius 1 is 1.37 bits per heavy atom. The first-order valence-electron chi connectivity index (χ1n) is 9.28. The lowest BCUT2D eigenvalue weighted by Gasteiger charge is -2.15. The van der Waals surface area contributed by atoms with Crippen molar-refractivity contribution in [3.05, 3.63) is 47.8 Å². The van der Waals surface area contributed by atoms with Crippen molar-refractivity contribution in [3.8, 4) is 23.1 Å². The summed E-state index contributed by atoms with van der Waals surface area (Å²) in [6, 6.07) is 7.22. The summed E-state index contributed by atoms with van der Waals surface area (Å²) in [5.41, 5.74) is -0.670. The smallest absolute Gasteiger partial charge is 0.418 e. The molecule has 1 N–H and O–H groups in total. The third-order valence-electron chi connectivity index (χ3n) is 5.18. The van der Waals surface area contributed by atoms with E-state index in [1.54, 1.807) is 17.2 Å². The highest BCUT2D eigenvalue weighted by Crippen LogP contribution is 2.39. The number of alkyl halides is 3. The molecule has 1 aliphatic rings. The molecule has 1 amide bonds. The molecule has 1 unspecified atom stereocenters. The molecule has 0 spiro atoms. The van der Waals surface area contributed by atoms with Crippen molar-refractivity contribution < 1.29 is 22.7 Å². The molecule has 1 aromatic carbocycles. The van der Waals surface area contributed by atoms with Crippen LogP contribution in [0, 0.1) is 11.3 Å². The van der Waals surface area contributed by atoms with Crippen molar-refractivity contribution in [2.45, 2.75) is 25.6 Å². The van der Waals surface area contributed by atoms with Crippen LogP contribution in [-0.4, -0.2) is 40.0 Å². The molecule has 0 radical (unpaired) electrons. The normalized spacial score (nSPS) is 16.6. The Kier molecular flexibility index (Phi) is 4.86. The Bertz CT molecular complexity index is 1160. The van der Waals surface area contributed by atoms with Gasteiger partial charge in [0.1, 0.15) is 17.9 Å². The zero-order chi connectivity index (χ0) is 21.5. The first kappa shape index (κ1) is 19.8. The molecule has 2 aromatic heterocycles. The van der Waals surface area contributed by atoms with Crippen LogP contribution in [0.4, 0.5) is 13.2 Å². The maximum atomic E-state index is 13.4. The number of carbonyl (C=O) groups is 1. The number of fused-ring (bicyclic) bond motifs is 1. The summed E-state index contributed by atoms with van der Waals surface area (Å²) >= 11 is 0. The molecular weight excluding hydrogens is 397 g/mol. The van der Waals surface area contributed by atoms with Crippen LogP contribution < -0.4 is 4.74 Å². The van der Waals surface area contributed by atoms with E-state index in [-0.39, 0.29) is 28.8 Å². The number of hydrogen-bond donors (Lipinski definition) is 1. The lowest BCUT2D eigenvalue weighted by Crippen LogP contribution is -2.28. The molecule has 30 heavy (non-hydrogen) atoms. The molecule has 9 heteroatoms. The number of nitriles is 1. The Morgan fingerprint density at radius 3 is 2.83 bits per heavy atom. The number of benzene rings is 1. The van der Waals surface area contributed by atoms with Crippen molar-refractivity contribution in [3.63, 3.8) is 0 Å². The zero-order valence-corrected chi connectivity index (χ0v) is 16.0. The van der Waals surface area contributed by atoms with E-state index in [4.69, 9.17) is 4.74 Å². The van der Waals surface area contributed by atoms with Crippen LogP contribution in [0.2, 0.25) is 0 Å². The number of halogens is 3. The lowest BCUT2D eigenvalue weighted by molar-refractivity contribution is -0.137. The van der Waals surface area contributed by atoms with Gasteiger partial charge in [-0.25, -0.2) is 0 Å². The highest BCUT2D eigenvalue weighted by atomic mass is 19.4. The van der Waals surface area contributed by atoms with Gasteiger partial charge < -0.3 is 14.6 Å². The predicted molar refractivity (Wildman–Crippen MR) is 103 cm³/mol. The average molecular weight is 414 g/mol. The molecule has 1 atom stereocenters. The summed E-state index contributed by atoms with van der Waals surface area (Å²) in [5.74, 6) is 0.466. The van der Waals surface area contributed by atoms with Crippen LogP contribution in [0.5, 0.6) is 5.75 Å². The standard InChI is InChI=1S/C21H17F3N4O2/c1-12(29)28-8-6-13(11-28)30-18-10-27-19-15(18)5-4-14(16(19)9-25)20-17(21(22,23)24)3-2-7-26-20/h2-5,7,10,13,27H,6,8,11H2,1H3. The van der Waals surface area contributed by atoms with E-state index in [2.05, 4.69) is 9.97 Å². The van der Waals surface area contributed by atoms with Crippen LogP contribution in [-0.2, 0) is 11.0 Å².